The van der Waals surface area contributed by atoms with Crippen LogP contribution in [0.3, 0.4) is 0 Å². The van der Waals surface area contributed by atoms with Gasteiger partial charge in [0.1, 0.15) is 17.3 Å². The summed E-state index contributed by atoms with van der Waals surface area (Å²) in [4.78, 5) is 58.3. The second-order valence-electron chi connectivity index (χ2n) is 24.5. The minimum atomic E-state index is -4.56. The number of carbonyl (C=O) groups is 4. The molecule has 488 valence electrons. The molecule has 2 heterocycles. The lowest BCUT2D eigenvalue weighted by Crippen LogP contribution is -2.83. The van der Waals surface area contributed by atoms with Crippen LogP contribution in [0, 0.1) is 57.1 Å². The number of nitrogens with zero attached hydrogens (tertiary/aromatic N) is 2. The van der Waals surface area contributed by atoms with Crippen molar-refractivity contribution in [1.82, 2.24) is 9.80 Å². The maximum atomic E-state index is 14.9. The van der Waals surface area contributed by atoms with E-state index in [1.165, 1.54) is 94.3 Å². The molecule has 4 amide bonds. The molecular formula is C70H79F8N5O7S. The first-order valence-electron chi connectivity index (χ1n) is 31.2. The molecule has 91 heavy (non-hydrogen) atoms. The van der Waals surface area contributed by atoms with Gasteiger partial charge in [-0.3, -0.25) is 19.2 Å². The Balaban J connectivity index is 0.000000212. The highest BCUT2D eigenvalue weighted by Gasteiger charge is 2.43. The summed E-state index contributed by atoms with van der Waals surface area (Å²) in [5, 5.41) is 7.61. The molecule has 0 aromatic heterocycles. The third-order valence-electron chi connectivity index (χ3n) is 17.8. The fourth-order valence-corrected chi connectivity index (χ4v) is 13.7. The number of carbonyl (C=O) groups excluding carboxylic acids is 4. The largest absolute Gasteiger partial charge is 0.748 e. The Hall–Kier alpha value is -7.49. The van der Waals surface area contributed by atoms with Crippen LogP contribution in [-0.4, -0.2) is 71.3 Å². The van der Waals surface area contributed by atoms with E-state index in [4.69, 9.17) is 0 Å². The van der Waals surface area contributed by atoms with Crippen molar-refractivity contribution in [2.75, 3.05) is 29.5 Å². The summed E-state index contributed by atoms with van der Waals surface area (Å²) in [6.45, 7) is 8.38. The van der Waals surface area contributed by atoms with E-state index >= 15 is 0 Å². The SMILES string of the molecule is CCCS(=O)(=O)[O-].Cc1ccc(NC(=O)[C@H]2CCCN(C(=O)c3c(C)cccc3F)[C@H]2c2ccc(CC3CCCC3)cc2)cc1C(F)(F)F.Cc1ccc(NC(=O)[C@H]2CCCN(C(=O)c3c(C)cccc3F)[C@H]2c2ccc([NH2+]C3CCCC3)cc2)cc1C(F)(F)F. The number of piperidine rings is 2. The van der Waals surface area contributed by atoms with Crippen molar-refractivity contribution in [3.05, 3.63) is 194 Å². The smallest absolute Gasteiger partial charge is 0.416 e. The van der Waals surface area contributed by atoms with E-state index in [1.54, 1.807) is 54.8 Å². The van der Waals surface area contributed by atoms with Gasteiger partial charge in [0.25, 0.3) is 11.8 Å². The van der Waals surface area contributed by atoms with Crippen molar-refractivity contribution < 1.29 is 72.6 Å². The van der Waals surface area contributed by atoms with Crippen molar-refractivity contribution >= 4 is 50.8 Å². The summed E-state index contributed by atoms with van der Waals surface area (Å²) >= 11 is 0. The van der Waals surface area contributed by atoms with Crippen LogP contribution < -0.4 is 16.0 Å². The van der Waals surface area contributed by atoms with Gasteiger partial charge in [-0.25, -0.2) is 17.2 Å². The van der Waals surface area contributed by atoms with Gasteiger partial charge in [0.15, 0.2) is 0 Å². The van der Waals surface area contributed by atoms with E-state index < -0.39 is 92.8 Å². The van der Waals surface area contributed by atoms with Gasteiger partial charge in [-0.2, -0.15) is 26.3 Å². The predicted octanol–water partition coefficient (Wildman–Crippen LogP) is 15.2. The quantitative estimate of drug-likeness (QED) is 0.0553. The molecule has 10 rings (SSSR count). The van der Waals surface area contributed by atoms with E-state index in [0.29, 0.717) is 68.3 Å². The van der Waals surface area contributed by atoms with E-state index in [1.807, 2.05) is 48.5 Å². The van der Waals surface area contributed by atoms with Gasteiger partial charge >= 0.3 is 12.4 Å². The number of quaternary nitrogens is 1. The van der Waals surface area contributed by atoms with Crippen LogP contribution in [-0.2, 0) is 38.5 Å². The van der Waals surface area contributed by atoms with Gasteiger partial charge in [-0.1, -0.05) is 105 Å². The molecule has 2 aliphatic heterocycles. The monoisotopic (exact) mass is 1290 g/mol. The topological polar surface area (TPSA) is 173 Å². The van der Waals surface area contributed by atoms with Crippen molar-refractivity contribution in [2.24, 2.45) is 17.8 Å². The molecule has 12 nitrogen and oxygen atoms in total. The molecule has 6 aromatic rings. The Morgan fingerprint density at radius 3 is 1.35 bits per heavy atom. The van der Waals surface area contributed by atoms with Gasteiger partial charge in [0.2, 0.25) is 11.8 Å². The van der Waals surface area contributed by atoms with Gasteiger partial charge in [0.05, 0.1) is 62.3 Å². The molecular weight excluding hydrogens is 1210 g/mol. The summed E-state index contributed by atoms with van der Waals surface area (Å²) in [7, 11) is -3.92. The number of nitrogens with two attached hydrogens (primary N) is 1. The van der Waals surface area contributed by atoms with E-state index in [2.05, 4.69) is 16.0 Å². The number of benzene rings is 6. The van der Waals surface area contributed by atoms with E-state index in [9.17, 15) is 67.3 Å². The second kappa shape index (κ2) is 30.3. The second-order valence-corrected chi connectivity index (χ2v) is 26.0. The van der Waals surface area contributed by atoms with Crippen LogP contribution in [0.5, 0.6) is 0 Å². The molecule has 4 N–H and O–H groups in total. The van der Waals surface area contributed by atoms with Crippen LogP contribution in [0.25, 0.3) is 0 Å². The fraction of sp³-hybridized carbons (Fsp3) is 0.429. The minimum absolute atomic E-state index is 0.0326. The number of halogens is 8. The average molecular weight is 1290 g/mol. The molecule has 21 heteroatoms. The molecule has 4 atom stereocenters. The number of hydrogen-bond acceptors (Lipinski definition) is 7. The fourth-order valence-electron chi connectivity index (χ4n) is 13.2. The third-order valence-corrected chi connectivity index (χ3v) is 18.7. The van der Waals surface area contributed by atoms with Crippen LogP contribution >= 0.6 is 0 Å². The zero-order valence-electron chi connectivity index (χ0n) is 51.8. The molecule has 0 radical (unpaired) electrons. The molecule has 4 aliphatic rings. The Kier molecular flexibility index (Phi) is 23.1. The summed E-state index contributed by atoms with van der Waals surface area (Å²) in [5.74, 6) is -4.32. The molecule has 2 saturated carbocycles. The maximum absolute atomic E-state index is 14.9. The number of likely N-dealkylation sites (tertiary alicyclic amines) is 2. The number of alkyl halides is 6. The molecule has 6 aromatic carbocycles. The van der Waals surface area contributed by atoms with Crippen LogP contribution in [0.2, 0.25) is 0 Å². The van der Waals surface area contributed by atoms with Crippen LogP contribution in [0.1, 0.15) is 173 Å². The third kappa shape index (κ3) is 18.0. The summed E-state index contributed by atoms with van der Waals surface area (Å²) in [6.07, 6.45) is 3.78. The molecule has 2 aliphatic carbocycles. The first-order valence-corrected chi connectivity index (χ1v) is 32.8. The summed E-state index contributed by atoms with van der Waals surface area (Å²) in [6, 6.07) is 31.1. The highest BCUT2D eigenvalue weighted by molar-refractivity contribution is 7.85. The Morgan fingerprint density at radius 2 is 0.967 bits per heavy atom. The Bertz CT molecular complexity index is 3380. The number of amides is 4. The molecule has 2 saturated heterocycles. The number of aryl methyl sites for hydroxylation is 4. The van der Waals surface area contributed by atoms with Crippen molar-refractivity contribution in [2.45, 2.75) is 155 Å². The standard InChI is InChI=1S/C34H36F4N2O2.C33H35F4N3O2.C3H8O3S/c1-21-12-17-26(20-28(21)34(36,37)38)39-32(41)27-10-6-18-40(33(42)30-22(2)7-5-11-29(30)35)31(27)25-15-13-24(14-16-25)19-23-8-3-4-9-23;1-20-12-15-25(19-27(20)33(35,36)37)39-31(41)26-10-6-18-40(32(42)29-21(2)7-5-11-28(29)34)30(26)22-13-16-24(17-14-22)38-23-8-3-4-9-23;1-2-3-7(4,5)6/h5,7,11-17,20,23,27,31H,3-4,6,8-10,18-19H2,1-2H3,(H,39,41);5,7,11-17,19,23,26,30,38H,3-4,6,8-10,18H2,1-2H3,(H,39,41);2-3H2,1H3,(H,4,5,6)/t27-,31-;26-,30-;/m00./s1. The lowest BCUT2D eigenvalue weighted by molar-refractivity contribution is -0.609. The van der Waals surface area contributed by atoms with Crippen molar-refractivity contribution in [3.8, 4) is 0 Å². The predicted molar refractivity (Wildman–Crippen MR) is 332 cm³/mol. The number of rotatable bonds is 14. The first kappa shape index (κ1) is 69.4. The molecule has 0 bridgehead atoms. The van der Waals surface area contributed by atoms with Gasteiger partial charge in [-0.05, 0) is 185 Å². The average Bonchev–Trinajstić information content (AvgIpc) is 0.923. The lowest BCUT2D eigenvalue weighted by atomic mass is 9.82. The lowest BCUT2D eigenvalue weighted by Gasteiger charge is -2.41. The van der Waals surface area contributed by atoms with Gasteiger partial charge in [-0.15, -0.1) is 0 Å². The number of anilines is 2. The van der Waals surface area contributed by atoms with E-state index in [-0.39, 0.29) is 39.4 Å². The minimum Gasteiger partial charge on any atom is -0.748 e. The summed E-state index contributed by atoms with van der Waals surface area (Å²) in [5.41, 5.74) is 3.19. The zero-order chi connectivity index (χ0) is 66.0. The molecule has 4 fully saturated rings. The van der Waals surface area contributed by atoms with Crippen LogP contribution in [0.15, 0.2) is 121 Å². The van der Waals surface area contributed by atoms with Crippen LogP contribution in [0.4, 0.5) is 52.2 Å². The summed E-state index contributed by atoms with van der Waals surface area (Å²) < 4.78 is 140. The first-order chi connectivity index (χ1) is 43.1. The number of nitrogens with one attached hydrogen (secondary N) is 2. The normalized spacial score (nSPS) is 19.0. The molecule has 0 unspecified atom stereocenters. The van der Waals surface area contributed by atoms with Gasteiger partial charge < -0.3 is 30.3 Å². The highest BCUT2D eigenvalue weighted by atomic mass is 32.2. The van der Waals surface area contributed by atoms with Gasteiger partial charge in [0, 0.05) is 30.2 Å². The Labute approximate surface area is 527 Å². The van der Waals surface area contributed by atoms with Crippen molar-refractivity contribution in [1.29, 1.82) is 0 Å². The molecule has 0 spiro atoms. The van der Waals surface area contributed by atoms with Crippen molar-refractivity contribution in [3.63, 3.8) is 0 Å². The maximum Gasteiger partial charge on any atom is 0.416 e. The number of hydrogen-bond donors (Lipinski definition) is 3. The van der Waals surface area contributed by atoms with E-state index in [0.717, 1.165) is 48.2 Å². The Morgan fingerprint density at radius 1 is 0.549 bits per heavy atom. The highest BCUT2D eigenvalue weighted by Crippen LogP contribution is 2.42. The zero-order valence-corrected chi connectivity index (χ0v) is 52.6.